The lowest BCUT2D eigenvalue weighted by Crippen LogP contribution is -1.97. The van der Waals surface area contributed by atoms with Crippen LogP contribution in [0.3, 0.4) is 0 Å². The molecule has 0 amide bonds. The quantitative estimate of drug-likeness (QED) is 0.282. The van der Waals surface area contributed by atoms with E-state index in [9.17, 15) is 20.0 Å². The van der Waals surface area contributed by atoms with Gasteiger partial charge >= 0.3 is 5.97 Å². The van der Waals surface area contributed by atoms with E-state index < -0.39 is 10.9 Å². The Kier molecular flexibility index (Phi) is 5.08. The number of nitro groups is 1. The second kappa shape index (κ2) is 7.46. The van der Waals surface area contributed by atoms with Crippen LogP contribution in [0.1, 0.15) is 17.1 Å². The van der Waals surface area contributed by atoms with E-state index in [2.05, 4.69) is 15.2 Å². The number of carboxylic acid groups (broad SMARTS) is 1. The van der Waals surface area contributed by atoms with E-state index in [1.54, 1.807) is 32.0 Å². The van der Waals surface area contributed by atoms with Gasteiger partial charge in [-0.3, -0.25) is 15.2 Å². The number of H-pyrrole nitrogens is 1. The number of thioether (sulfide) groups is 1. The Hall–Kier alpha value is -3.40. The summed E-state index contributed by atoms with van der Waals surface area (Å²) in [5, 5.41) is 27.2. The van der Waals surface area contributed by atoms with E-state index in [1.807, 2.05) is 0 Å². The molecule has 3 aromatic rings. The molecule has 0 aliphatic carbocycles. The molecule has 0 radical (unpaired) electrons. The Balaban J connectivity index is 1.92. The zero-order chi connectivity index (χ0) is 19.6. The van der Waals surface area contributed by atoms with Crippen LogP contribution in [0.4, 0.5) is 5.69 Å². The summed E-state index contributed by atoms with van der Waals surface area (Å²) in [5.74, 6) is 0.134. The summed E-state index contributed by atoms with van der Waals surface area (Å²) in [5.41, 5.74) is 1.32. The van der Waals surface area contributed by atoms with Gasteiger partial charge in [-0.05, 0) is 43.3 Å². The van der Waals surface area contributed by atoms with Crippen LogP contribution >= 0.6 is 11.8 Å². The van der Waals surface area contributed by atoms with Crippen molar-refractivity contribution >= 4 is 29.5 Å². The number of aromatic nitrogens is 3. The van der Waals surface area contributed by atoms with Gasteiger partial charge in [0.05, 0.1) is 4.92 Å². The summed E-state index contributed by atoms with van der Waals surface area (Å²) in [7, 11) is 0. The second-order valence-electron chi connectivity index (χ2n) is 5.58. The average molecular weight is 386 g/mol. The zero-order valence-corrected chi connectivity index (χ0v) is 15.1. The van der Waals surface area contributed by atoms with Gasteiger partial charge in [0.25, 0.3) is 5.69 Å². The van der Waals surface area contributed by atoms with Gasteiger partial charge in [0.15, 0.2) is 0 Å². The van der Waals surface area contributed by atoms with E-state index in [1.165, 1.54) is 18.2 Å². The van der Waals surface area contributed by atoms with Crippen molar-refractivity contribution in [2.24, 2.45) is 0 Å². The van der Waals surface area contributed by atoms with E-state index in [-0.39, 0.29) is 15.7 Å². The highest BCUT2D eigenvalue weighted by molar-refractivity contribution is 8.04. The predicted molar refractivity (Wildman–Crippen MR) is 98.1 cm³/mol. The molecule has 1 aromatic carbocycles. The molecule has 138 valence electrons. The number of furan rings is 1. The first kappa shape index (κ1) is 18.4. The number of aromatic amines is 1. The number of hydrogen-bond acceptors (Lipinski definition) is 7. The maximum Gasteiger partial charge on any atom is 0.342 e. The number of nitro benzene ring substituents is 1. The van der Waals surface area contributed by atoms with Crippen LogP contribution in [0.25, 0.3) is 17.4 Å². The first-order valence-corrected chi connectivity index (χ1v) is 8.52. The number of non-ortho nitro benzene ring substituents is 1. The molecule has 3 rings (SSSR count). The molecule has 2 aromatic heterocycles. The molecule has 0 fully saturated rings. The SMILES string of the molecule is Cc1nc(S/C(=C\c2ccc(-c3cc([N+](=O)[O-])ccc3C)o2)C(=O)O)n[nH]1. The van der Waals surface area contributed by atoms with E-state index in [0.717, 1.165) is 17.3 Å². The van der Waals surface area contributed by atoms with Gasteiger partial charge in [-0.25, -0.2) is 9.78 Å². The highest BCUT2D eigenvalue weighted by Gasteiger charge is 2.16. The minimum Gasteiger partial charge on any atom is -0.477 e. The van der Waals surface area contributed by atoms with Crippen molar-refractivity contribution < 1.29 is 19.2 Å². The number of carboxylic acids is 1. The zero-order valence-electron chi connectivity index (χ0n) is 14.3. The Morgan fingerprint density at radius 3 is 2.74 bits per heavy atom. The molecule has 0 unspecified atom stereocenters. The largest absolute Gasteiger partial charge is 0.477 e. The van der Waals surface area contributed by atoms with Crippen molar-refractivity contribution in [2.45, 2.75) is 19.0 Å². The molecule has 0 aliphatic heterocycles. The fourth-order valence-corrected chi connectivity index (χ4v) is 3.03. The number of hydrogen-bond donors (Lipinski definition) is 2. The molecule has 0 saturated heterocycles. The molecular weight excluding hydrogens is 372 g/mol. The number of rotatable bonds is 6. The molecule has 0 atom stereocenters. The monoisotopic (exact) mass is 386 g/mol. The number of aryl methyl sites for hydroxylation is 2. The number of benzene rings is 1. The third kappa shape index (κ3) is 4.23. The molecule has 2 heterocycles. The van der Waals surface area contributed by atoms with Crippen LogP contribution in [-0.4, -0.2) is 31.2 Å². The van der Waals surface area contributed by atoms with Crippen molar-refractivity contribution in [3.8, 4) is 11.3 Å². The molecule has 2 N–H and O–H groups in total. The van der Waals surface area contributed by atoms with Gasteiger partial charge in [0.2, 0.25) is 5.16 Å². The molecular formula is C17H14N4O5S. The molecule has 0 bridgehead atoms. The summed E-state index contributed by atoms with van der Waals surface area (Å²) < 4.78 is 5.68. The van der Waals surface area contributed by atoms with Crippen molar-refractivity contribution in [3.63, 3.8) is 0 Å². The Labute approximate surface area is 157 Å². The van der Waals surface area contributed by atoms with E-state index in [4.69, 9.17) is 4.42 Å². The van der Waals surface area contributed by atoms with Crippen LogP contribution in [0.5, 0.6) is 0 Å². The first-order chi connectivity index (χ1) is 12.8. The number of aliphatic carboxylic acids is 1. The minimum absolute atomic E-state index is 0.0225. The fraction of sp³-hybridized carbons (Fsp3) is 0.118. The van der Waals surface area contributed by atoms with Gasteiger partial charge in [-0.15, -0.1) is 5.10 Å². The van der Waals surface area contributed by atoms with Crippen molar-refractivity contribution in [1.29, 1.82) is 0 Å². The van der Waals surface area contributed by atoms with Crippen molar-refractivity contribution in [3.05, 3.63) is 62.5 Å². The number of nitrogens with zero attached hydrogens (tertiary/aromatic N) is 3. The maximum atomic E-state index is 11.5. The summed E-state index contributed by atoms with van der Waals surface area (Å²) in [4.78, 5) is 26.0. The number of nitrogens with one attached hydrogen (secondary N) is 1. The van der Waals surface area contributed by atoms with Crippen molar-refractivity contribution in [1.82, 2.24) is 15.2 Å². The smallest absolute Gasteiger partial charge is 0.342 e. The Bertz CT molecular complexity index is 1050. The molecule has 10 heteroatoms. The third-order valence-electron chi connectivity index (χ3n) is 3.59. The molecule has 0 saturated carbocycles. The molecule has 0 aliphatic rings. The van der Waals surface area contributed by atoms with Crippen LogP contribution in [0.2, 0.25) is 0 Å². The lowest BCUT2D eigenvalue weighted by Gasteiger charge is -2.02. The van der Waals surface area contributed by atoms with Crippen LogP contribution in [0, 0.1) is 24.0 Å². The molecule has 27 heavy (non-hydrogen) atoms. The fourth-order valence-electron chi connectivity index (χ4n) is 2.29. The van der Waals surface area contributed by atoms with Gasteiger partial charge in [-0.1, -0.05) is 6.07 Å². The number of carbonyl (C=O) groups is 1. The van der Waals surface area contributed by atoms with Gasteiger partial charge in [0.1, 0.15) is 22.3 Å². The van der Waals surface area contributed by atoms with Gasteiger partial charge in [0, 0.05) is 23.8 Å². The highest BCUT2D eigenvalue weighted by atomic mass is 32.2. The first-order valence-electron chi connectivity index (χ1n) is 7.70. The van der Waals surface area contributed by atoms with Gasteiger partial charge < -0.3 is 9.52 Å². The van der Waals surface area contributed by atoms with Crippen LogP contribution in [-0.2, 0) is 4.79 Å². The summed E-state index contributed by atoms with van der Waals surface area (Å²) in [6, 6.07) is 7.71. The summed E-state index contributed by atoms with van der Waals surface area (Å²) in [6.07, 6.45) is 1.36. The third-order valence-corrected chi connectivity index (χ3v) is 4.46. The standard InChI is InChI=1S/C17H14N4O5S/c1-9-3-4-11(21(24)25)7-13(9)14-6-5-12(26-14)8-15(16(22)23)27-17-18-10(2)19-20-17/h3-8H,1-2H3,(H,22,23)(H,18,19,20)/b15-8-. The van der Waals surface area contributed by atoms with E-state index >= 15 is 0 Å². The lowest BCUT2D eigenvalue weighted by molar-refractivity contribution is -0.384. The van der Waals surface area contributed by atoms with Crippen LogP contribution < -0.4 is 0 Å². The normalized spacial score (nSPS) is 11.6. The highest BCUT2D eigenvalue weighted by Crippen LogP contribution is 2.31. The predicted octanol–water partition coefficient (Wildman–Crippen LogP) is 3.81. The lowest BCUT2D eigenvalue weighted by atomic mass is 10.1. The Morgan fingerprint density at radius 2 is 2.11 bits per heavy atom. The molecule has 0 spiro atoms. The van der Waals surface area contributed by atoms with Crippen LogP contribution in [0.15, 0.2) is 44.8 Å². The maximum absolute atomic E-state index is 11.5. The molecule has 9 nitrogen and oxygen atoms in total. The summed E-state index contributed by atoms with van der Waals surface area (Å²) in [6.45, 7) is 3.52. The minimum atomic E-state index is -1.15. The Morgan fingerprint density at radius 1 is 1.33 bits per heavy atom. The summed E-state index contributed by atoms with van der Waals surface area (Å²) >= 11 is 0.886. The second-order valence-corrected chi connectivity index (χ2v) is 6.59. The van der Waals surface area contributed by atoms with E-state index in [0.29, 0.717) is 22.9 Å². The van der Waals surface area contributed by atoms with Gasteiger partial charge in [-0.2, -0.15) is 0 Å². The topological polar surface area (TPSA) is 135 Å². The van der Waals surface area contributed by atoms with Crippen molar-refractivity contribution in [2.75, 3.05) is 0 Å². The average Bonchev–Trinajstić information content (AvgIpc) is 3.23.